The van der Waals surface area contributed by atoms with E-state index in [0.717, 1.165) is 0 Å². The molecule has 0 radical (unpaired) electrons. The van der Waals surface area contributed by atoms with Crippen LogP contribution in [0.3, 0.4) is 0 Å². The third-order valence-corrected chi connectivity index (χ3v) is 2.02. The normalized spacial score (nSPS) is 10.2. The minimum absolute atomic E-state index is 0.0160. The molecule has 1 aromatic carbocycles. The van der Waals surface area contributed by atoms with E-state index < -0.39 is 5.97 Å². The topological polar surface area (TPSA) is 144 Å². The number of anilines is 2. The molecule has 0 saturated carbocycles. The van der Waals surface area contributed by atoms with Gasteiger partial charge >= 0.3 is 5.97 Å². The second-order valence-electron chi connectivity index (χ2n) is 3.07. The summed E-state index contributed by atoms with van der Waals surface area (Å²) in [5.41, 5.74) is 12.1. The number of benzene rings is 1. The van der Waals surface area contributed by atoms with E-state index in [4.69, 9.17) is 16.6 Å². The lowest BCUT2D eigenvalue weighted by molar-refractivity contribution is 0.0697. The largest absolute Gasteiger partial charge is 0.478 e. The summed E-state index contributed by atoms with van der Waals surface area (Å²) in [6.07, 6.45) is 0. The van der Waals surface area contributed by atoms with Crippen molar-refractivity contribution in [3.63, 3.8) is 0 Å². The number of hydrogen-bond donors (Lipinski definition) is 4. The van der Waals surface area contributed by atoms with Crippen LogP contribution in [0.2, 0.25) is 0 Å². The minimum atomic E-state index is -1.10. The van der Waals surface area contributed by atoms with Crippen LogP contribution in [-0.2, 0) is 0 Å². The van der Waals surface area contributed by atoms with Gasteiger partial charge in [0, 0.05) is 11.4 Å². The Labute approximate surface area is 89.3 Å². The predicted octanol–water partition coefficient (Wildman–Crippen LogP) is -0.271. The van der Waals surface area contributed by atoms with Crippen molar-refractivity contribution in [3.05, 3.63) is 17.7 Å². The Balaban J connectivity index is 2.61. The number of hydrogen-bond acceptors (Lipinski definition) is 6. The highest BCUT2D eigenvalue weighted by molar-refractivity contribution is 5.94. The third kappa shape index (κ3) is 1.52. The van der Waals surface area contributed by atoms with Crippen LogP contribution < -0.4 is 11.5 Å². The number of carbonyl (C=O) groups is 1. The number of aromatic amines is 1. The van der Waals surface area contributed by atoms with Crippen molar-refractivity contribution < 1.29 is 9.90 Å². The second-order valence-corrected chi connectivity index (χ2v) is 3.07. The zero-order valence-corrected chi connectivity index (χ0v) is 8.01. The van der Waals surface area contributed by atoms with Gasteiger partial charge in [-0.25, -0.2) is 4.79 Å². The Bertz CT molecular complexity index is 512. The molecule has 82 valence electrons. The first-order chi connectivity index (χ1) is 7.59. The lowest BCUT2D eigenvalue weighted by atomic mass is 10.1. The minimum Gasteiger partial charge on any atom is -0.478 e. The van der Waals surface area contributed by atoms with Crippen LogP contribution in [-0.4, -0.2) is 31.7 Å². The van der Waals surface area contributed by atoms with Crippen molar-refractivity contribution in [2.75, 3.05) is 11.5 Å². The fraction of sp³-hybridized carbons (Fsp3) is 0. The number of nitrogens with two attached hydrogens (primary N) is 2. The number of nitrogens with zero attached hydrogens (tertiary/aromatic N) is 3. The van der Waals surface area contributed by atoms with E-state index in [1.165, 1.54) is 12.1 Å². The van der Waals surface area contributed by atoms with Crippen LogP contribution in [0.1, 0.15) is 10.4 Å². The van der Waals surface area contributed by atoms with Gasteiger partial charge in [-0.15, -0.1) is 10.2 Å². The Kier molecular flexibility index (Phi) is 2.16. The molecular formula is C8H8N6O2. The lowest BCUT2D eigenvalue weighted by Crippen LogP contribution is -2.03. The van der Waals surface area contributed by atoms with E-state index in [2.05, 4.69) is 20.6 Å². The first-order valence-corrected chi connectivity index (χ1v) is 4.25. The molecule has 0 amide bonds. The quantitative estimate of drug-likeness (QED) is 0.510. The molecule has 0 aliphatic carbocycles. The van der Waals surface area contributed by atoms with E-state index in [1.807, 2.05) is 0 Å². The number of carboxylic acid groups (broad SMARTS) is 1. The van der Waals surface area contributed by atoms with Crippen molar-refractivity contribution in [1.82, 2.24) is 20.6 Å². The van der Waals surface area contributed by atoms with Crippen LogP contribution >= 0.6 is 0 Å². The summed E-state index contributed by atoms with van der Waals surface area (Å²) in [7, 11) is 0. The molecule has 16 heavy (non-hydrogen) atoms. The number of aromatic nitrogens is 4. The zero-order chi connectivity index (χ0) is 11.7. The fourth-order valence-corrected chi connectivity index (χ4v) is 1.34. The molecule has 0 saturated heterocycles. The number of nitrogens with one attached hydrogen (secondary N) is 1. The van der Waals surface area contributed by atoms with Crippen LogP contribution in [0, 0.1) is 0 Å². The van der Waals surface area contributed by atoms with E-state index in [1.54, 1.807) is 0 Å². The summed E-state index contributed by atoms with van der Waals surface area (Å²) < 4.78 is 0. The van der Waals surface area contributed by atoms with Crippen LogP contribution in [0.15, 0.2) is 12.1 Å². The van der Waals surface area contributed by atoms with Crippen LogP contribution in [0.5, 0.6) is 0 Å². The molecule has 0 spiro atoms. The van der Waals surface area contributed by atoms with Gasteiger partial charge < -0.3 is 16.6 Å². The van der Waals surface area contributed by atoms with Gasteiger partial charge in [-0.1, -0.05) is 0 Å². The molecule has 0 unspecified atom stereocenters. The van der Waals surface area contributed by atoms with Gasteiger partial charge in [0.1, 0.15) is 0 Å². The van der Waals surface area contributed by atoms with Gasteiger partial charge in [-0.05, 0) is 17.3 Å². The van der Waals surface area contributed by atoms with Crippen molar-refractivity contribution in [2.24, 2.45) is 0 Å². The van der Waals surface area contributed by atoms with Crippen LogP contribution in [0.4, 0.5) is 11.4 Å². The average molecular weight is 220 g/mol. The monoisotopic (exact) mass is 220 g/mol. The third-order valence-electron chi connectivity index (χ3n) is 2.02. The van der Waals surface area contributed by atoms with Gasteiger partial charge in [-0.2, -0.15) is 5.21 Å². The molecule has 8 nitrogen and oxygen atoms in total. The molecule has 0 bridgehead atoms. The number of tetrazole rings is 1. The number of carboxylic acids is 1. The maximum absolute atomic E-state index is 10.7. The summed E-state index contributed by atoms with van der Waals surface area (Å²) in [4.78, 5) is 10.7. The van der Waals surface area contributed by atoms with Crippen molar-refractivity contribution in [3.8, 4) is 11.4 Å². The average Bonchev–Trinajstić information content (AvgIpc) is 2.69. The van der Waals surface area contributed by atoms with Gasteiger partial charge in [0.25, 0.3) is 0 Å². The van der Waals surface area contributed by atoms with Gasteiger partial charge in [0.05, 0.1) is 11.1 Å². The molecule has 1 aromatic heterocycles. The summed E-state index contributed by atoms with van der Waals surface area (Å²) in [6.45, 7) is 0. The standard InChI is InChI=1S/C8H8N6O2/c9-4-1-3(8(15)16)2-5(10)6(4)7-11-13-14-12-7/h1-2H,9-10H2,(H,15,16)(H,11,12,13,14). The Hall–Kier alpha value is -2.64. The molecule has 2 rings (SSSR count). The van der Waals surface area contributed by atoms with E-state index in [9.17, 15) is 4.79 Å². The highest BCUT2D eigenvalue weighted by Gasteiger charge is 2.15. The van der Waals surface area contributed by atoms with Gasteiger partial charge in [0.2, 0.25) is 5.82 Å². The molecular weight excluding hydrogens is 212 g/mol. The van der Waals surface area contributed by atoms with Crippen LogP contribution in [0.25, 0.3) is 11.4 Å². The summed E-state index contributed by atoms with van der Waals surface area (Å²) >= 11 is 0. The maximum atomic E-state index is 10.7. The Morgan fingerprint density at radius 3 is 2.38 bits per heavy atom. The fourth-order valence-electron chi connectivity index (χ4n) is 1.34. The van der Waals surface area contributed by atoms with E-state index in [-0.39, 0.29) is 22.8 Å². The summed E-state index contributed by atoms with van der Waals surface area (Å²) in [6, 6.07) is 2.59. The number of nitrogen functional groups attached to an aromatic ring is 2. The SMILES string of the molecule is Nc1cc(C(=O)O)cc(N)c1-c1nn[nH]n1. The number of aromatic carboxylic acids is 1. The smallest absolute Gasteiger partial charge is 0.335 e. The van der Waals surface area contributed by atoms with Gasteiger partial charge in [-0.3, -0.25) is 0 Å². The molecule has 2 aromatic rings. The zero-order valence-electron chi connectivity index (χ0n) is 8.01. The Morgan fingerprint density at radius 2 is 1.94 bits per heavy atom. The highest BCUT2D eigenvalue weighted by atomic mass is 16.4. The van der Waals surface area contributed by atoms with E-state index in [0.29, 0.717) is 5.56 Å². The first kappa shape index (κ1) is 9.90. The number of H-pyrrole nitrogens is 1. The van der Waals surface area contributed by atoms with Gasteiger partial charge in [0.15, 0.2) is 0 Å². The molecule has 8 heteroatoms. The summed E-state index contributed by atoms with van der Waals surface area (Å²) in [5.74, 6) is -0.870. The predicted molar refractivity (Wildman–Crippen MR) is 55.4 cm³/mol. The second kappa shape index (κ2) is 3.50. The number of rotatable bonds is 2. The molecule has 0 aliphatic heterocycles. The van der Waals surface area contributed by atoms with E-state index >= 15 is 0 Å². The molecule has 6 N–H and O–H groups in total. The van der Waals surface area contributed by atoms with Crippen molar-refractivity contribution in [1.29, 1.82) is 0 Å². The first-order valence-electron chi connectivity index (χ1n) is 4.25. The summed E-state index contributed by atoms with van der Waals surface area (Å²) in [5, 5.41) is 21.9. The van der Waals surface area contributed by atoms with Crippen molar-refractivity contribution in [2.45, 2.75) is 0 Å². The van der Waals surface area contributed by atoms with Crippen molar-refractivity contribution >= 4 is 17.3 Å². The maximum Gasteiger partial charge on any atom is 0.335 e. The molecule has 0 aliphatic rings. The molecule has 0 fully saturated rings. The highest BCUT2D eigenvalue weighted by Crippen LogP contribution is 2.29. The Morgan fingerprint density at radius 1 is 1.31 bits per heavy atom. The molecule has 1 heterocycles. The lowest BCUT2D eigenvalue weighted by Gasteiger charge is -2.06. The molecule has 0 atom stereocenters.